The van der Waals surface area contributed by atoms with E-state index in [0.717, 1.165) is 18.5 Å². The minimum atomic E-state index is -0.250. The summed E-state index contributed by atoms with van der Waals surface area (Å²) in [4.78, 5) is 12.0. The Kier molecular flexibility index (Phi) is 4.33. The van der Waals surface area contributed by atoms with Crippen LogP contribution in [0.2, 0.25) is 0 Å². The van der Waals surface area contributed by atoms with Crippen LogP contribution in [0.5, 0.6) is 0 Å². The van der Waals surface area contributed by atoms with Crippen molar-refractivity contribution in [3.8, 4) is 0 Å². The van der Waals surface area contributed by atoms with Crippen LogP contribution in [-0.4, -0.2) is 17.7 Å². The van der Waals surface area contributed by atoms with E-state index in [4.69, 9.17) is 0 Å². The van der Waals surface area contributed by atoms with Crippen LogP contribution >= 0.6 is 12.6 Å². The maximum absolute atomic E-state index is 12.0. The average Bonchev–Trinajstić information content (AvgIpc) is 3.18. The molecule has 1 N–H and O–H groups in total. The molecule has 1 aliphatic carbocycles. The van der Waals surface area contributed by atoms with Crippen LogP contribution in [0.3, 0.4) is 0 Å². The Morgan fingerprint density at radius 2 is 2.06 bits per heavy atom. The number of amides is 1. The van der Waals surface area contributed by atoms with Crippen molar-refractivity contribution in [3.63, 3.8) is 0 Å². The largest absolute Gasteiger partial charge is 0.355 e. The Morgan fingerprint density at radius 3 is 2.61 bits per heavy atom. The van der Waals surface area contributed by atoms with Crippen LogP contribution in [0, 0.1) is 5.41 Å². The van der Waals surface area contributed by atoms with E-state index in [2.05, 4.69) is 24.9 Å². The molecular weight excluding hydrogens is 242 g/mol. The maximum atomic E-state index is 12.0. The number of carbonyl (C=O) groups is 1. The van der Waals surface area contributed by atoms with Gasteiger partial charge in [0.2, 0.25) is 5.91 Å². The first-order valence-corrected chi connectivity index (χ1v) is 7.16. The highest BCUT2D eigenvalue weighted by Gasteiger charge is 2.40. The molecule has 0 radical (unpaired) electrons. The monoisotopic (exact) mass is 263 g/mol. The van der Waals surface area contributed by atoms with Gasteiger partial charge >= 0.3 is 0 Å². The van der Waals surface area contributed by atoms with Gasteiger partial charge in [-0.15, -0.1) is 0 Å². The SMILES string of the molecule is CCC1(CNC(=O)C(S)Cc2ccccc2)CC1. The van der Waals surface area contributed by atoms with E-state index in [1.165, 1.54) is 12.8 Å². The van der Waals surface area contributed by atoms with Gasteiger partial charge in [-0.2, -0.15) is 12.6 Å². The molecule has 1 aromatic rings. The van der Waals surface area contributed by atoms with E-state index in [1.54, 1.807) is 0 Å². The molecule has 2 rings (SSSR count). The van der Waals surface area contributed by atoms with Crippen molar-refractivity contribution < 1.29 is 4.79 Å². The molecule has 98 valence electrons. The fraction of sp³-hybridized carbons (Fsp3) is 0.533. The fourth-order valence-electron chi connectivity index (χ4n) is 2.15. The predicted octanol–water partition coefficient (Wildman–Crippen LogP) is 2.83. The lowest BCUT2D eigenvalue weighted by atomic mass is 10.0. The minimum Gasteiger partial charge on any atom is -0.355 e. The summed E-state index contributed by atoms with van der Waals surface area (Å²) in [5.74, 6) is 0.0573. The summed E-state index contributed by atoms with van der Waals surface area (Å²) in [5.41, 5.74) is 1.56. The normalized spacial score (nSPS) is 18.1. The van der Waals surface area contributed by atoms with Gasteiger partial charge in [0.1, 0.15) is 0 Å². The molecule has 18 heavy (non-hydrogen) atoms. The lowest BCUT2D eigenvalue weighted by molar-refractivity contribution is -0.120. The third-order valence-electron chi connectivity index (χ3n) is 3.92. The summed E-state index contributed by atoms with van der Waals surface area (Å²) in [6, 6.07) is 10.0. The second-order valence-corrected chi connectivity index (χ2v) is 5.90. The van der Waals surface area contributed by atoms with E-state index in [0.29, 0.717) is 11.8 Å². The van der Waals surface area contributed by atoms with Crippen LogP contribution in [-0.2, 0) is 11.2 Å². The lowest BCUT2D eigenvalue weighted by Gasteiger charge is -2.16. The summed E-state index contributed by atoms with van der Waals surface area (Å²) in [6.07, 6.45) is 4.34. The summed E-state index contributed by atoms with van der Waals surface area (Å²) in [5, 5.41) is 2.79. The smallest absolute Gasteiger partial charge is 0.233 e. The summed E-state index contributed by atoms with van der Waals surface area (Å²) >= 11 is 4.40. The van der Waals surface area contributed by atoms with Gasteiger partial charge in [0, 0.05) is 6.54 Å². The van der Waals surface area contributed by atoms with E-state index < -0.39 is 0 Å². The zero-order valence-corrected chi connectivity index (χ0v) is 11.7. The molecule has 1 atom stereocenters. The fourth-order valence-corrected chi connectivity index (χ4v) is 2.46. The zero-order valence-electron chi connectivity index (χ0n) is 10.9. The highest BCUT2D eigenvalue weighted by Crippen LogP contribution is 2.47. The topological polar surface area (TPSA) is 29.1 Å². The molecule has 3 heteroatoms. The van der Waals surface area contributed by atoms with Crippen molar-refractivity contribution in [2.75, 3.05) is 6.54 Å². The number of hydrogen-bond acceptors (Lipinski definition) is 2. The number of hydrogen-bond donors (Lipinski definition) is 2. The maximum Gasteiger partial charge on any atom is 0.233 e. The summed E-state index contributed by atoms with van der Waals surface area (Å²) in [7, 11) is 0. The molecular formula is C15H21NOS. The second kappa shape index (κ2) is 5.79. The number of rotatable bonds is 6. The number of carbonyl (C=O) groups excluding carboxylic acids is 1. The molecule has 0 heterocycles. The molecule has 2 nitrogen and oxygen atoms in total. The molecule has 0 aliphatic heterocycles. The Bertz CT molecular complexity index is 400. The molecule has 0 saturated heterocycles. The van der Waals surface area contributed by atoms with Gasteiger partial charge in [-0.1, -0.05) is 37.3 Å². The first-order chi connectivity index (χ1) is 8.65. The third-order valence-corrected chi connectivity index (χ3v) is 4.34. The molecule has 1 aromatic carbocycles. The van der Waals surface area contributed by atoms with Crippen LogP contribution in [0.25, 0.3) is 0 Å². The van der Waals surface area contributed by atoms with Gasteiger partial charge in [-0.05, 0) is 36.7 Å². The average molecular weight is 263 g/mol. The van der Waals surface area contributed by atoms with E-state index >= 15 is 0 Å². The Labute approximate surface area is 115 Å². The highest BCUT2D eigenvalue weighted by atomic mass is 32.1. The van der Waals surface area contributed by atoms with E-state index in [1.807, 2.05) is 30.3 Å². The number of thiol groups is 1. The molecule has 1 unspecified atom stereocenters. The van der Waals surface area contributed by atoms with Gasteiger partial charge in [0.15, 0.2) is 0 Å². The molecule has 1 aliphatic rings. The standard InChI is InChI=1S/C15H21NOS/c1-2-15(8-9-15)11-16-14(17)13(18)10-12-6-4-3-5-7-12/h3-7,13,18H,2,8-11H2,1H3,(H,16,17). The first-order valence-electron chi connectivity index (χ1n) is 6.65. The van der Waals surface area contributed by atoms with Crippen molar-refractivity contribution in [2.24, 2.45) is 5.41 Å². The van der Waals surface area contributed by atoms with Crippen molar-refractivity contribution in [2.45, 2.75) is 37.9 Å². The van der Waals surface area contributed by atoms with Crippen LogP contribution in [0.15, 0.2) is 30.3 Å². The lowest BCUT2D eigenvalue weighted by Crippen LogP contribution is -2.36. The molecule has 1 saturated carbocycles. The Morgan fingerprint density at radius 1 is 1.39 bits per heavy atom. The van der Waals surface area contributed by atoms with Gasteiger partial charge in [0.05, 0.1) is 5.25 Å². The van der Waals surface area contributed by atoms with Gasteiger partial charge in [-0.25, -0.2) is 0 Å². The highest BCUT2D eigenvalue weighted by molar-refractivity contribution is 7.81. The molecule has 1 amide bonds. The van der Waals surface area contributed by atoms with E-state index in [9.17, 15) is 4.79 Å². The van der Waals surface area contributed by atoms with Gasteiger partial charge in [-0.3, -0.25) is 4.79 Å². The third kappa shape index (κ3) is 3.52. The summed E-state index contributed by atoms with van der Waals surface area (Å²) < 4.78 is 0. The summed E-state index contributed by atoms with van der Waals surface area (Å²) in [6.45, 7) is 3.01. The van der Waals surface area contributed by atoms with Gasteiger partial charge in [0.25, 0.3) is 0 Å². The van der Waals surface area contributed by atoms with Crippen molar-refractivity contribution in [1.29, 1.82) is 0 Å². The van der Waals surface area contributed by atoms with Crippen LogP contribution in [0.1, 0.15) is 31.7 Å². The van der Waals surface area contributed by atoms with Crippen molar-refractivity contribution in [3.05, 3.63) is 35.9 Å². The van der Waals surface area contributed by atoms with Gasteiger partial charge < -0.3 is 5.32 Å². The zero-order chi connectivity index (χ0) is 13.0. The molecule has 0 spiro atoms. The Hall–Kier alpha value is -0.960. The molecule has 1 fully saturated rings. The predicted molar refractivity (Wildman–Crippen MR) is 77.9 cm³/mol. The van der Waals surface area contributed by atoms with Crippen LogP contribution < -0.4 is 5.32 Å². The molecule has 0 aromatic heterocycles. The Balaban J connectivity index is 1.78. The molecule has 0 bridgehead atoms. The quantitative estimate of drug-likeness (QED) is 0.759. The van der Waals surface area contributed by atoms with Crippen molar-refractivity contribution >= 4 is 18.5 Å². The van der Waals surface area contributed by atoms with E-state index in [-0.39, 0.29) is 11.2 Å². The minimum absolute atomic E-state index is 0.0573. The number of nitrogens with one attached hydrogen (secondary N) is 1. The second-order valence-electron chi connectivity index (χ2n) is 5.28. The van der Waals surface area contributed by atoms with Crippen molar-refractivity contribution in [1.82, 2.24) is 5.32 Å². The van der Waals surface area contributed by atoms with Crippen LogP contribution in [0.4, 0.5) is 0 Å². The first kappa shape index (κ1) is 13.5. The number of benzene rings is 1.